The van der Waals surface area contributed by atoms with Crippen LogP contribution in [-0.4, -0.2) is 3.42 Å². The van der Waals surface area contributed by atoms with Gasteiger partial charge in [0.25, 0.3) is 0 Å². The summed E-state index contributed by atoms with van der Waals surface area (Å²) in [5, 5.41) is 0. The van der Waals surface area contributed by atoms with Gasteiger partial charge in [0, 0.05) is 3.42 Å². The molecule has 0 atom stereocenters. The first-order valence-electron chi connectivity index (χ1n) is 4.78. The van der Waals surface area contributed by atoms with Gasteiger partial charge in [0.15, 0.2) is 17.5 Å². The molecule has 1 aromatic rings. The van der Waals surface area contributed by atoms with Gasteiger partial charge in [0.05, 0.1) is 0 Å². The van der Waals surface area contributed by atoms with Crippen molar-refractivity contribution in [2.24, 2.45) is 0 Å². The Hall–Kier alpha value is -0.260. The fraction of sp³-hybridized carbons (Fsp3) is 0.455. The number of benzene rings is 1. The summed E-state index contributed by atoms with van der Waals surface area (Å²) in [7, 11) is 0. The number of rotatable bonds is 1. The lowest BCUT2D eigenvalue weighted by molar-refractivity contribution is 0.0213. The molecule has 3 fully saturated rings. The Labute approximate surface area is 99.0 Å². The van der Waals surface area contributed by atoms with Crippen LogP contribution in [0.5, 0.6) is 0 Å². The third-order valence-corrected chi connectivity index (χ3v) is 4.71. The zero-order valence-corrected chi connectivity index (χ0v) is 9.95. The second-order valence-electron chi connectivity index (χ2n) is 4.72. The highest BCUT2D eigenvalue weighted by molar-refractivity contribution is 14.1. The standard InChI is InChI=1S/C11H8F3I/c12-7-1-6(2-8(13)9(7)14)10-3-11(15,4-10)5-10/h1-2H,3-5H2. The van der Waals surface area contributed by atoms with E-state index < -0.39 is 17.5 Å². The second-order valence-corrected chi connectivity index (χ2v) is 7.00. The summed E-state index contributed by atoms with van der Waals surface area (Å²) in [6.45, 7) is 0. The topological polar surface area (TPSA) is 0 Å². The molecule has 4 rings (SSSR count). The number of halogens is 4. The van der Waals surface area contributed by atoms with Crippen LogP contribution in [0.4, 0.5) is 13.2 Å². The molecule has 0 radical (unpaired) electrons. The maximum atomic E-state index is 13.0. The van der Waals surface area contributed by atoms with Gasteiger partial charge < -0.3 is 0 Å². The first kappa shape index (κ1) is 9.93. The number of alkyl halides is 1. The minimum atomic E-state index is -1.37. The van der Waals surface area contributed by atoms with Gasteiger partial charge in [-0.1, -0.05) is 22.6 Å². The van der Waals surface area contributed by atoms with Crippen LogP contribution in [-0.2, 0) is 5.41 Å². The van der Waals surface area contributed by atoms with Crippen molar-refractivity contribution < 1.29 is 13.2 Å². The fourth-order valence-electron chi connectivity index (χ4n) is 2.83. The lowest BCUT2D eigenvalue weighted by atomic mass is 9.42. The van der Waals surface area contributed by atoms with E-state index in [-0.39, 0.29) is 5.41 Å². The van der Waals surface area contributed by atoms with E-state index in [9.17, 15) is 13.2 Å². The lowest BCUT2D eigenvalue weighted by Crippen LogP contribution is -2.66. The first-order valence-corrected chi connectivity index (χ1v) is 5.86. The van der Waals surface area contributed by atoms with Gasteiger partial charge in [-0.3, -0.25) is 0 Å². The van der Waals surface area contributed by atoms with Crippen LogP contribution in [0.3, 0.4) is 0 Å². The first-order chi connectivity index (χ1) is 6.94. The molecule has 80 valence electrons. The summed E-state index contributed by atoms with van der Waals surface area (Å²) >= 11 is 2.39. The van der Waals surface area contributed by atoms with E-state index in [0.717, 1.165) is 31.4 Å². The van der Waals surface area contributed by atoms with Crippen molar-refractivity contribution in [2.45, 2.75) is 28.1 Å². The molecule has 3 saturated carbocycles. The van der Waals surface area contributed by atoms with Gasteiger partial charge in [-0.25, -0.2) is 13.2 Å². The van der Waals surface area contributed by atoms with Crippen LogP contribution < -0.4 is 0 Å². The lowest BCUT2D eigenvalue weighted by Gasteiger charge is -2.68. The number of hydrogen-bond donors (Lipinski definition) is 0. The Morgan fingerprint density at radius 1 is 1.00 bits per heavy atom. The summed E-state index contributed by atoms with van der Waals surface area (Å²) < 4.78 is 39.2. The van der Waals surface area contributed by atoms with Crippen LogP contribution in [0.15, 0.2) is 12.1 Å². The molecular formula is C11H8F3I. The maximum absolute atomic E-state index is 13.0. The molecule has 15 heavy (non-hydrogen) atoms. The van der Waals surface area contributed by atoms with E-state index in [1.54, 1.807) is 0 Å². The van der Waals surface area contributed by atoms with Crippen LogP contribution in [0.25, 0.3) is 0 Å². The summed E-state index contributed by atoms with van der Waals surface area (Å²) in [4.78, 5) is 0. The van der Waals surface area contributed by atoms with Gasteiger partial charge >= 0.3 is 0 Å². The molecule has 3 aliphatic carbocycles. The van der Waals surface area contributed by atoms with E-state index in [1.807, 2.05) is 0 Å². The van der Waals surface area contributed by atoms with E-state index in [1.165, 1.54) is 0 Å². The smallest absolute Gasteiger partial charge is 0.194 e. The van der Waals surface area contributed by atoms with Crippen molar-refractivity contribution in [3.05, 3.63) is 35.1 Å². The Kier molecular flexibility index (Phi) is 1.79. The summed E-state index contributed by atoms with van der Waals surface area (Å²) in [5.41, 5.74) is 0.564. The minimum Gasteiger partial charge on any atom is -0.204 e. The average molecular weight is 324 g/mol. The van der Waals surface area contributed by atoms with Crippen LogP contribution in [0.2, 0.25) is 0 Å². The predicted octanol–water partition coefficient (Wildman–Crippen LogP) is 3.71. The van der Waals surface area contributed by atoms with Crippen LogP contribution in [0.1, 0.15) is 24.8 Å². The van der Waals surface area contributed by atoms with Crippen molar-refractivity contribution >= 4 is 22.6 Å². The Morgan fingerprint density at radius 3 is 1.87 bits per heavy atom. The Morgan fingerprint density at radius 2 is 1.47 bits per heavy atom. The molecule has 0 amide bonds. The van der Waals surface area contributed by atoms with Crippen LogP contribution in [0, 0.1) is 17.5 Å². The normalized spacial score (nSPS) is 37.1. The molecule has 0 spiro atoms. The molecule has 3 aliphatic rings. The zero-order valence-electron chi connectivity index (χ0n) is 7.79. The monoisotopic (exact) mass is 324 g/mol. The predicted molar refractivity (Wildman–Crippen MR) is 58.6 cm³/mol. The minimum absolute atomic E-state index is 0.0590. The molecule has 1 aromatic carbocycles. The van der Waals surface area contributed by atoms with Crippen LogP contribution >= 0.6 is 22.6 Å². The van der Waals surface area contributed by atoms with Crippen molar-refractivity contribution in [3.63, 3.8) is 0 Å². The highest BCUT2D eigenvalue weighted by Crippen LogP contribution is 2.72. The van der Waals surface area contributed by atoms with Crippen molar-refractivity contribution in [1.29, 1.82) is 0 Å². The molecular weight excluding hydrogens is 316 g/mol. The van der Waals surface area contributed by atoms with Crippen molar-refractivity contribution in [3.8, 4) is 0 Å². The van der Waals surface area contributed by atoms with Gasteiger partial charge in [-0.15, -0.1) is 0 Å². The molecule has 2 bridgehead atoms. The Bertz CT molecular complexity index is 412. The quantitative estimate of drug-likeness (QED) is 0.420. The molecule has 0 nitrogen and oxygen atoms in total. The summed E-state index contributed by atoms with van der Waals surface area (Å²) in [6.07, 6.45) is 2.89. The molecule has 4 heteroatoms. The second kappa shape index (κ2) is 2.70. The number of hydrogen-bond acceptors (Lipinski definition) is 0. The van der Waals surface area contributed by atoms with E-state index >= 15 is 0 Å². The summed E-state index contributed by atoms with van der Waals surface area (Å²) in [5.74, 6) is -3.51. The highest BCUT2D eigenvalue weighted by atomic mass is 127. The SMILES string of the molecule is Fc1cc(C23CC(I)(C2)C3)cc(F)c1F. The molecule has 0 heterocycles. The van der Waals surface area contributed by atoms with Gasteiger partial charge in [0.1, 0.15) is 0 Å². The van der Waals surface area contributed by atoms with Crippen molar-refractivity contribution in [2.75, 3.05) is 0 Å². The third kappa shape index (κ3) is 1.20. The largest absolute Gasteiger partial charge is 0.204 e. The zero-order chi connectivity index (χ0) is 10.8. The van der Waals surface area contributed by atoms with E-state index in [0.29, 0.717) is 8.99 Å². The van der Waals surface area contributed by atoms with E-state index in [2.05, 4.69) is 22.6 Å². The molecule has 0 saturated heterocycles. The van der Waals surface area contributed by atoms with Gasteiger partial charge in [0.2, 0.25) is 0 Å². The molecule has 0 aromatic heterocycles. The highest BCUT2D eigenvalue weighted by Gasteiger charge is 2.67. The van der Waals surface area contributed by atoms with Crippen molar-refractivity contribution in [1.82, 2.24) is 0 Å². The maximum Gasteiger partial charge on any atom is 0.194 e. The molecule has 0 aliphatic heterocycles. The van der Waals surface area contributed by atoms with Gasteiger partial charge in [-0.05, 0) is 42.4 Å². The van der Waals surface area contributed by atoms with Gasteiger partial charge in [-0.2, -0.15) is 0 Å². The average Bonchev–Trinajstić information content (AvgIpc) is 2.06. The third-order valence-electron chi connectivity index (χ3n) is 3.56. The van der Waals surface area contributed by atoms with E-state index in [4.69, 9.17) is 0 Å². The molecule has 0 unspecified atom stereocenters. The fourth-order valence-corrected chi connectivity index (χ4v) is 5.02. The molecule has 0 N–H and O–H groups in total. The summed E-state index contributed by atoms with van der Waals surface area (Å²) in [6, 6.07) is 2.29. The Balaban J connectivity index is 2.01.